The number of nitrogens with zero attached hydrogens (tertiary/aromatic N) is 5. The van der Waals surface area contributed by atoms with Gasteiger partial charge in [-0.15, -0.1) is 0 Å². The van der Waals surface area contributed by atoms with Crippen molar-refractivity contribution < 1.29 is 9.53 Å². The molecule has 0 unspecified atom stereocenters. The second-order valence-corrected chi connectivity index (χ2v) is 9.76. The van der Waals surface area contributed by atoms with E-state index in [9.17, 15) is 4.79 Å². The predicted octanol–water partition coefficient (Wildman–Crippen LogP) is 3.62. The molecular formula is C28H34N6O2. The number of carbonyl (C=O) groups excluding carboxylic acids is 1. The number of likely N-dealkylation sites (tertiary alicyclic amines) is 1. The van der Waals surface area contributed by atoms with Crippen molar-refractivity contribution in [3.05, 3.63) is 78.0 Å². The molecule has 4 heterocycles. The molecule has 1 aromatic carbocycles. The van der Waals surface area contributed by atoms with Crippen molar-refractivity contribution in [2.75, 3.05) is 31.1 Å². The van der Waals surface area contributed by atoms with Crippen LogP contribution >= 0.6 is 0 Å². The number of aryl methyl sites for hydroxylation is 1. The Balaban J connectivity index is 1.05. The summed E-state index contributed by atoms with van der Waals surface area (Å²) >= 11 is 0. The largest absolute Gasteiger partial charge is 0.473 e. The van der Waals surface area contributed by atoms with Crippen molar-refractivity contribution in [1.82, 2.24) is 25.2 Å². The fraction of sp³-hybridized carbons (Fsp3) is 0.429. The summed E-state index contributed by atoms with van der Waals surface area (Å²) in [5, 5.41) is 3.12. The fourth-order valence-corrected chi connectivity index (χ4v) is 4.89. The van der Waals surface area contributed by atoms with Crippen LogP contribution in [0, 0.1) is 6.92 Å². The highest BCUT2D eigenvalue weighted by atomic mass is 16.5. The Bertz CT molecular complexity index is 1110. The monoisotopic (exact) mass is 486 g/mol. The number of benzene rings is 1. The number of hydrogen-bond acceptors (Lipinski definition) is 7. The number of nitrogens with one attached hydrogen (secondary N) is 1. The van der Waals surface area contributed by atoms with Crippen molar-refractivity contribution in [3.8, 4) is 5.88 Å². The first-order chi connectivity index (χ1) is 17.6. The van der Waals surface area contributed by atoms with Crippen LogP contribution in [0.15, 0.2) is 61.2 Å². The lowest BCUT2D eigenvalue weighted by Crippen LogP contribution is -2.44. The molecule has 2 aromatic heterocycles. The summed E-state index contributed by atoms with van der Waals surface area (Å²) in [6.07, 6.45) is 10.6. The van der Waals surface area contributed by atoms with Gasteiger partial charge in [0.25, 0.3) is 5.91 Å². The molecule has 1 N–H and O–H groups in total. The molecular weight excluding hydrogens is 452 g/mol. The van der Waals surface area contributed by atoms with Crippen LogP contribution in [0.1, 0.15) is 47.3 Å². The van der Waals surface area contributed by atoms with Crippen molar-refractivity contribution in [3.63, 3.8) is 0 Å². The Hall–Kier alpha value is -3.52. The predicted molar refractivity (Wildman–Crippen MR) is 139 cm³/mol. The summed E-state index contributed by atoms with van der Waals surface area (Å²) in [7, 11) is 0. The summed E-state index contributed by atoms with van der Waals surface area (Å²) in [6.45, 7) is 6.82. The molecule has 2 aliphatic heterocycles. The first-order valence-electron chi connectivity index (χ1n) is 12.8. The van der Waals surface area contributed by atoms with Gasteiger partial charge in [-0.25, -0.2) is 9.97 Å². The smallest absolute Gasteiger partial charge is 0.271 e. The van der Waals surface area contributed by atoms with Gasteiger partial charge in [0.1, 0.15) is 11.8 Å². The molecule has 36 heavy (non-hydrogen) atoms. The third kappa shape index (κ3) is 6.37. The maximum Gasteiger partial charge on any atom is 0.271 e. The molecule has 0 bridgehead atoms. The standard InChI is InChI=1S/C28H34N6O2/c1-21-2-4-24(5-3-21)34-16-10-25(11-17-34)36-27-19-30-26(18-31-27)28(35)32-23-8-14-33(15-9-23)20-22-6-12-29-13-7-22/h2-7,12-13,18-19,23,25H,8-11,14-17,20H2,1H3,(H,32,35). The lowest BCUT2D eigenvalue weighted by Gasteiger charge is -2.33. The lowest BCUT2D eigenvalue weighted by molar-refractivity contribution is 0.0903. The Morgan fingerprint density at radius 3 is 2.33 bits per heavy atom. The summed E-state index contributed by atoms with van der Waals surface area (Å²) < 4.78 is 6.06. The summed E-state index contributed by atoms with van der Waals surface area (Å²) in [6, 6.07) is 12.9. The van der Waals surface area contributed by atoms with Crippen LogP contribution in [0.2, 0.25) is 0 Å². The number of hydrogen-bond donors (Lipinski definition) is 1. The van der Waals surface area contributed by atoms with Crippen LogP contribution in [0.4, 0.5) is 5.69 Å². The zero-order valence-electron chi connectivity index (χ0n) is 20.8. The molecule has 0 aliphatic carbocycles. The number of anilines is 1. The van der Waals surface area contributed by atoms with E-state index < -0.39 is 0 Å². The summed E-state index contributed by atoms with van der Waals surface area (Å²) in [5.41, 5.74) is 4.13. The van der Waals surface area contributed by atoms with Crippen LogP contribution in [0.3, 0.4) is 0 Å². The number of aromatic nitrogens is 3. The first-order valence-corrected chi connectivity index (χ1v) is 12.8. The zero-order chi connectivity index (χ0) is 24.7. The van der Waals surface area contributed by atoms with Crippen molar-refractivity contribution in [2.24, 2.45) is 0 Å². The van der Waals surface area contributed by atoms with Gasteiger partial charge < -0.3 is 15.0 Å². The van der Waals surface area contributed by atoms with E-state index in [1.54, 1.807) is 6.20 Å². The first kappa shape index (κ1) is 24.2. The Kier molecular flexibility index (Phi) is 7.71. The molecule has 0 saturated carbocycles. The zero-order valence-corrected chi connectivity index (χ0v) is 20.8. The molecule has 2 fully saturated rings. The number of amides is 1. The van der Waals surface area contributed by atoms with Gasteiger partial charge in [-0.1, -0.05) is 17.7 Å². The Labute approximate surface area is 212 Å². The Morgan fingerprint density at radius 1 is 0.944 bits per heavy atom. The second kappa shape index (κ2) is 11.5. The molecule has 5 rings (SSSR count). The molecule has 1 amide bonds. The van der Waals surface area contributed by atoms with E-state index >= 15 is 0 Å². The third-order valence-corrected chi connectivity index (χ3v) is 7.07. The van der Waals surface area contributed by atoms with E-state index in [-0.39, 0.29) is 18.1 Å². The van der Waals surface area contributed by atoms with E-state index in [1.807, 2.05) is 24.5 Å². The van der Waals surface area contributed by atoms with E-state index in [1.165, 1.54) is 23.0 Å². The normalized spacial score (nSPS) is 17.6. The average Bonchev–Trinajstić information content (AvgIpc) is 2.92. The molecule has 0 spiro atoms. The van der Waals surface area contributed by atoms with Gasteiger partial charge in [-0.2, -0.15) is 0 Å². The van der Waals surface area contributed by atoms with Crippen LogP contribution in [-0.2, 0) is 6.54 Å². The SMILES string of the molecule is Cc1ccc(N2CCC(Oc3cnc(C(=O)NC4CCN(Cc5ccncc5)CC4)cn3)CC2)cc1. The molecule has 8 heteroatoms. The topological polar surface area (TPSA) is 83.5 Å². The molecule has 2 aliphatic rings. The van der Waals surface area contributed by atoms with Gasteiger partial charge in [0.05, 0.1) is 12.4 Å². The van der Waals surface area contributed by atoms with Gasteiger partial charge >= 0.3 is 0 Å². The van der Waals surface area contributed by atoms with Crippen LogP contribution < -0.4 is 15.0 Å². The number of piperidine rings is 2. The van der Waals surface area contributed by atoms with Crippen LogP contribution in [0.5, 0.6) is 5.88 Å². The lowest BCUT2D eigenvalue weighted by atomic mass is 10.0. The van der Waals surface area contributed by atoms with Gasteiger partial charge in [-0.3, -0.25) is 14.7 Å². The van der Waals surface area contributed by atoms with Crippen LogP contribution in [-0.4, -0.2) is 64.1 Å². The highest BCUT2D eigenvalue weighted by molar-refractivity contribution is 5.92. The van der Waals surface area contributed by atoms with Gasteiger partial charge in [-0.05, 0) is 49.6 Å². The van der Waals surface area contributed by atoms with Gasteiger partial charge in [0.2, 0.25) is 5.88 Å². The van der Waals surface area contributed by atoms with Gasteiger partial charge in [0, 0.05) is 69.7 Å². The number of pyridine rings is 1. The Morgan fingerprint density at radius 2 is 1.67 bits per heavy atom. The number of carbonyl (C=O) groups is 1. The quantitative estimate of drug-likeness (QED) is 0.546. The molecule has 2 saturated heterocycles. The molecule has 0 radical (unpaired) electrons. The fourth-order valence-electron chi connectivity index (χ4n) is 4.89. The third-order valence-electron chi connectivity index (χ3n) is 7.07. The highest BCUT2D eigenvalue weighted by Gasteiger charge is 2.23. The van der Waals surface area contributed by atoms with E-state index in [4.69, 9.17) is 4.74 Å². The average molecular weight is 487 g/mol. The highest BCUT2D eigenvalue weighted by Crippen LogP contribution is 2.23. The molecule has 188 valence electrons. The van der Waals surface area contributed by atoms with Crippen molar-refractivity contribution in [1.29, 1.82) is 0 Å². The summed E-state index contributed by atoms with van der Waals surface area (Å²) in [5.74, 6) is 0.304. The maximum atomic E-state index is 12.7. The minimum atomic E-state index is -0.173. The molecule has 8 nitrogen and oxygen atoms in total. The summed E-state index contributed by atoms with van der Waals surface area (Å²) in [4.78, 5) is 30.3. The molecule has 0 atom stereocenters. The number of ether oxygens (including phenoxy) is 1. The minimum Gasteiger partial charge on any atom is -0.473 e. The number of rotatable bonds is 7. The maximum absolute atomic E-state index is 12.7. The minimum absolute atomic E-state index is 0.109. The van der Waals surface area contributed by atoms with Gasteiger partial charge in [0.15, 0.2) is 0 Å². The van der Waals surface area contributed by atoms with Crippen molar-refractivity contribution >= 4 is 11.6 Å². The van der Waals surface area contributed by atoms with E-state index in [0.717, 1.165) is 58.4 Å². The van der Waals surface area contributed by atoms with Crippen molar-refractivity contribution in [2.45, 2.75) is 51.3 Å². The van der Waals surface area contributed by atoms with E-state index in [0.29, 0.717) is 11.6 Å². The van der Waals surface area contributed by atoms with E-state index in [2.05, 4.69) is 61.3 Å². The van der Waals surface area contributed by atoms with Crippen LogP contribution in [0.25, 0.3) is 0 Å². The molecule has 3 aromatic rings. The second-order valence-electron chi connectivity index (χ2n) is 9.76.